The number of aliphatic hydroxyl groups excluding tert-OH is 2. The molecule has 1 amide bonds. The van der Waals surface area contributed by atoms with Gasteiger partial charge < -0.3 is 59.9 Å². The molecule has 1 aliphatic heterocycles. The Balaban J connectivity index is 1.24. The average Bonchev–Trinajstić information content (AvgIpc) is 3.12. The number of phenolic OH excluding ortho intramolecular Hbond substituents is 4. The summed E-state index contributed by atoms with van der Waals surface area (Å²) in [5.41, 5.74) is 7.64. The minimum absolute atomic E-state index is 0.00147. The molecule has 2 heterocycles. The minimum Gasteiger partial charge on any atom is -0.508 e. The molecular weight excluding hydrogens is 716 g/mol. The van der Waals surface area contributed by atoms with E-state index in [4.69, 9.17) is 24.2 Å². The molecule has 0 radical (unpaired) electrons. The van der Waals surface area contributed by atoms with Crippen molar-refractivity contribution in [3.05, 3.63) is 79.3 Å². The quantitative estimate of drug-likeness (QED) is 0.0164. The number of unbranched alkanes of at least 4 members (excludes halogenated alkanes) is 3. The van der Waals surface area contributed by atoms with Crippen molar-refractivity contribution in [1.29, 1.82) is 0 Å². The highest BCUT2D eigenvalue weighted by Crippen LogP contribution is 2.39. The fourth-order valence-corrected chi connectivity index (χ4v) is 5.69. The van der Waals surface area contributed by atoms with Gasteiger partial charge in [-0.05, 0) is 55.6 Å². The van der Waals surface area contributed by atoms with Gasteiger partial charge in [-0.1, -0.05) is 18.0 Å². The maximum Gasteiger partial charge on any atom is 0.407 e. The smallest absolute Gasteiger partial charge is 0.407 e. The number of rotatable bonds is 14. The number of aromatic hydroxyl groups is 4. The van der Waals surface area contributed by atoms with Gasteiger partial charge in [0, 0.05) is 47.5 Å². The predicted octanol–water partition coefficient (Wildman–Crippen LogP) is 4.75. The Morgan fingerprint density at radius 1 is 0.981 bits per heavy atom. The number of aliphatic hydroxyl groups is 2. The maximum atomic E-state index is 13.8. The summed E-state index contributed by atoms with van der Waals surface area (Å²) in [4.78, 5) is 40.1. The number of carbonyl (C=O) groups is 1. The van der Waals surface area contributed by atoms with Gasteiger partial charge in [0.15, 0.2) is 23.4 Å². The van der Waals surface area contributed by atoms with E-state index in [1.165, 1.54) is 31.2 Å². The molecule has 0 aliphatic carbocycles. The number of phenols is 4. The van der Waals surface area contributed by atoms with Gasteiger partial charge in [-0.25, -0.2) is 4.79 Å². The number of hydrogen-bond acceptors (Lipinski definition) is 16. The SMILES string of the molecule is C[C@@H]1O[C@H](Oc2c(-c3ccc(O)c(O)c3)oc3cc(O)cc(O)c3c2=O)C(OC(=O)NCCCCCCNc2cc(N=[N+]=[N-])ccc2[N+](=O)[O-])[C@H](O)[C@H]1O. The summed E-state index contributed by atoms with van der Waals surface area (Å²) in [7, 11) is 0. The summed E-state index contributed by atoms with van der Waals surface area (Å²) in [5.74, 6) is -3.16. The molecule has 20 nitrogen and oxygen atoms in total. The molecule has 1 saturated heterocycles. The zero-order valence-corrected chi connectivity index (χ0v) is 28.5. The second kappa shape index (κ2) is 16.9. The Morgan fingerprint density at radius 3 is 2.43 bits per heavy atom. The summed E-state index contributed by atoms with van der Waals surface area (Å²) in [6, 6.07) is 9.33. The molecule has 1 aliphatic rings. The van der Waals surface area contributed by atoms with Crippen LogP contribution in [0.2, 0.25) is 0 Å². The summed E-state index contributed by atoms with van der Waals surface area (Å²) >= 11 is 0. The van der Waals surface area contributed by atoms with Crippen LogP contribution in [0.25, 0.3) is 32.7 Å². The van der Waals surface area contributed by atoms with Gasteiger partial charge in [0.2, 0.25) is 17.5 Å². The number of ether oxygens (including phenoxy) is 3. The summed E-state index contributed by atoms with van der Waals surface area (Å²) in [5, 5.41) is 81.8. The van der Waals surface area contributed by atoms with Crippen molar-refractivity contribution in [3.8, 4) is 40.1 Å². The van der Waals surface area contributed by atoms with E-state index >= 15 is 0 Å². The van der Waals surface area contributed by atoms with Gasteiger partial charge in [0.25, 0.3) is 5.69 Å². The molecule has 8 N–H and O–H groups in total. The number of nitro groups is 1. The molecule has 5 atom stereocenters. The van der Waals surface area contributed by atoms with Crippen LogP contribution in [-0.2, 0) is 9.47 Å². The van der Waals surface area contributed by atoms with Crippen LogP contribution in [-0.4, -0.2) is 85.5 Å². The Bertz CT molecular complexity index is 2140. The Hall–Kier alpha value is -6.47. The van der Waals surface area contributed by atoms with Crippen LogP contribution in [0.4, 0.5) is 21.9 Å². The molecule has 54 heavy (non-hydrogen) atoms. The first-order chi connectivity index (χ1) is 25.8. The normalized spacial score (nSPS) is 19.4. The molecule has 5 rings (SSSR count). The first-order valence-corrected chi connectivity index (χ1v) is 16.5. The van der Waals surface area contributed by atoms with Crippen molar-refractivity contribution in [3.63, 3.8) is 0 Å². The molecule has 0 bridgehead atoms. The average molecular weight is 753 g/mol. The van der Waals surface area contributed by atoms with E-state index < -0.39 is 81.3 Å². The number of benzene rings is 3. The van der Waals surface area contributed by atoms with Crippen molar-refractivity contribution in [2.24, 2.45) is 5.11 Å². The van der Waals surface area contributed by atoms with E-state index in [-0.39, 0.29) is 40.5 Å². The predicted molar refractivity (Wildman–Crippen MR) is 189 cm³/mol. The largest absolute Gasteiger partial charge is 0.508 e. The second-order valence-electron chi connectivity index (χ2n) is 12.2. The number of carbonyl (C=O) groups excluding carboxylic acids is 1. The molecular formula is C34H36N6O14. The number of nitrogens with one attached hydrogen (secondary N) is 2. The van der Waals surface area contributed by atoms with E-state index in [2.05, 4.69) is 20.7 Å². The number of hydrogen-bond donors (Lipinski definition) is 8. The van der Waals surface area contributed by atoms with E-state index in [1.54, 1.807) is 0 Å². The Kier molecular flexibility index (Phi) is 12.1. The minimum atomic E-state index is -1.76. The van der Waals surface area contributed by atoms with E-state index in [9.17, 15) is 50.3 Å². The number of alkyl carbamates (subject to hydrolysis) is 1. The summed E-state index contributed by atoms with van der Waals surface area (Å²) in [6.45, 7) is 1.91. The number of nitro benzene ring substituents is 1. The first kappa shape index (κ1) is 38.8. The lowest BCUT2D eigenvalue weighted by Crippen LogP contribution is -2.60. The standard InChI is InChI=1S/C34H36N6O14/c1-16-27(45)29(47)32(54-34(48)37-11-5-3-2-4-10-36-20-13-18(38-39-35)7-8-21(20)40(49)50)33(51-16)53-31-28(46)26-24(44)14-19(41)15-25(26)52-30(31)17-6-9-22(42)23(43)12-17/h6-9,12-16,27,29,32-33,36,41-45,47H,2-5,10-11H2,1H3,(H,37,48)/t16-,27-,29+,32?,33+/m0/s1. The van der Waals surface area contributed by atoms with E-state index in [0.717, 1.165) is 24.3 Å². The molecule has 1 aromatic heterocycles. The van der Waals surface area contributed by atoms with Crippen LogP contribution in [0.3, 0.4) is 0 Å². The lowest BCUT2D eigenvalue weighted by atomic mass is 9.99. The second-order valence-corrected chi connectivity index (χ2v) is 12.2. The lowest BCUT2D eigenvalue weighted by molar-refractivity contribution is -0.383. The van der Waals surface area contributed by atoms with E-state index in [0.29, 0.717) is 32.2 Å². The Labute approximate surface area is 304 Å². The number of fused-ring (bicyclic) bond motifs is 1. The fraction of sp³-hybridized carbons (Fsp3) is 0.353. The van der Waals surface area contributed by atoms with Gasteiger partial charge in [-0.2, -0.15) is 0 Å². The van der Waals surface area contributed by atoms with Gasteiger partial charge in [-0.3, -0.25) is 14.9 Å². The van der Waals surface area contributed by atoms with Crippen LogP contribution < -0.4 is 20.8 Å². The lowest BCUT2D eigenvalue weighted by Gasteiger charge is -2.40. The highest BCUT2D eigenvalue weighted by molar-refractivity contribution is 5.88. The van der Waals surface area contributed by atoms with Crippen molar-refractivity contribution in [1.82, 2.24) is 5.32 Å². The van der Waals surface area contributed by atoms with E-state index in [1.807, 2.05) is 0 Å². The van der Waals surface area contributed by atoms with Gasteiger partial charge in [-0.15, -0.1) is 0 Å². The monoisotopic (exact) mass is 752 g/mol. The van der Waals surface area contributed by atoms with Gasteiger partial charge >= 0.3 is 6.09 Å². The van der Waals surface area contributed by atoms with Crippen molar-refractivity contribution < 1.29 is 59.0 Å². The zero-order chi connectivity index (χ0) is 39.1. The number of amides is 1. The van der Waals surface area contributed by atoms with Crippen LogP contribution >= 0.6 is 0 Å². The maximum absolute atomic E-state index is 13.8. The molecule has 3 aromatic carbocycles. The molecule has 20 heteroatoms. The molecule has 4 aromatic rings. The van der Waals surface area contributed by atoms with Crippen LogP contribution in [0.5, 0.6) is 28.7 Å². The zero-order valence-electron chi connectivity index (χ0n) is 28.5. The number of azide groups is 1. The third-order valence-electron chi connectivity index (χ3n) is 8.44. The highest BCUT2D eigenvalue weighted by atomic mass is 16.7. The summed E-state index contributed by atoms with van der Waals surface area (Å²) < 4.78 is 22.9. The highest BCUT2D eigenvalue weighted by Gasteiger charge is 2.47. The van der Waals surface area contributed by atoms with Crippen LogP contribution in [0, 0.1) is 10.1 Å². The number of anilines is 1. The third kappa shape index (κ3) is 8.76. The molecule has 1 fully saturated rings. The van der Waals surface area contributed by atoms with Gasteiger partial charge in [0.1, 0.15) is 40.4 Å². The molecule has 0 saturated carbocycles. The van der Waals surface area contributed by atoms with Crippen molar-refractivity contribution in [2.45, 2.75) is 63.3 Å². The Morgan fingerprint density at radius 2 is 1.72 bits per heavy atom. The molecule has 1 unspecified atom stereocenters. The van der Waals surface area contributed by atoms with Crippen LogP contribution in [0.15, 0.2) is 62.9 Å². The molecule has 286 valence electrons. The third-order valence-corrected chi connectivity index (χ3v) is 8.44. The van der Waals surface area contributed by atoms with Gasteiger partial charge in [0.05, 0.1) is 11.0 Å². The number of nitrogens with zero attached hydrogens (tertiary/aromatic N) is 4. The van der Waals surface area contributed by atoms with Crippen molar-refractivity contribution in [2.75, 3.05) is 18.4 Å². The first-order valence-electron chi connectivity index (χ1n) is 16.5. The summed E-state index contributed by atoms with van der Waals surface area (Å²) in [6.07, 6.45) is -6.46. The fourth-order valence-electron chi connectivity index (χ4n) is 5.69. The van der Waals surface area contributed by atoms with Crippen LogP contribution in [0.1, 0.15) is 32.6 Å². The molecule has 0 spiro atoms. The topological polar surface area (TPSA) is 312 Å². The van der Waals surface area contributed by atoms with Crippen molar-refractivity contribution >= 4 is 34.1 Å².